The van der Waals surface area contributed by atoms with Crippen LogP contribution < -0.4 is 5.32 Å². The molecule has 0 spiro atoms. The van der Waals surface area contributed by atoms with Crippen molar-refractivity contribution in [2.45, 2.75) is 19.4 Å². The summed E-state index contributed by atoms with van der Waals surface area (Å²) in [4.78, 5) is 20.8. The number of hydrogen-bond acceptors (Lipinski definition) is 3. The van der Waals surface area contributed by atoms with Gasteiger partial charge in [-0.05, 0) is 37.1 Å². The van der Waals surface area contributed by atoms with E-state index in [2.05, 4.69) is 45.5 Å². The molecule has 5 nitrogen and oxygen atoms in total. The zero-order chi connectivity index (χ0) is 17.3. The number of nitrogens with one attached hydrogen (secondary N) is 1. The van der Waals surface area contributed by atoms with Crippen LogP contribution in [0.25, 0.3) is 0 Å². The molecule has 0 unspecified atom stereocenters. The van der Waals surface area contributed by atoms with Crippen molar-refractivity contribution < 1.29 is 4.79 Å². The smallest absolute Gasteiger partial charge is 0.317 e. The fourth-order valence-corrected chi connectivity index (χ4v) is 3.11. The highest BCUT2D eigenvalue weighted by Crippen LogP contribution is 2.07. The first-order valence-electron chi connectivity index (χ1n) is 9.00. The summed E-state index contributed by atoms with van der Waals surface area (Å²) >= 11 is 0. The highest BCUT2D eigenvalue weighted by molar-refractivity contribution is 5.74. The lowest BCUT2D eigenvalue weighted by Gasteiger charge is -2.34. The molecule has 2 amide bonds. The number of benzene rings is 1. The Hall–Kier alpha value is -2.40. The summed E-state index contributed by atoms with van der Waals surface area (Å²) in [5.74, 6) is 0. The molecule has 1 saturated heterocycles. The van der Waals surface area contributed by atoms with Crippen LogP contribution in [-0.2, 0) is 13.0 Å². The summed E-state index contributed by atoms with van der Waals surface area (Å²) < 4.78 is 0. The van der Waals surface area contributed by atoms with Crippen molar-refractivity contribution >= 4 is 6.03 Å². The van der Waals surface area contributed by atoms with Gasteiger partial charge in [0.2, 0.25) is 0 Å². The van der Waals surface area contributed by atoms with Gasteiger partial charge in [0, 0.05) is 32.4 Å². The number of aryl methyl sites for hydroxylation is 1. The number of piperazine rings is 1. The second-order valence-electron chi connectivity index (χ2n) is 6.40. The largest absolute Gasteiger partial charge is 0.332 e. The molecule has 0 saturated carbocycles. The summed E-state index contributed by atoms with van der Waals surface area (Å²) in [6, 6.07) is 16.4. The second-order valence-corrected chi connectivity index (χ2v) is 6.40. The molecular weight excluding hydrogens is 312 g/mol. The standard InChI is InChI=1S/C20H26N4O/c25-20(22-17-19-10-4-5-11-21-19)24-15-13-23(14-16-24)12-6-9-18-7-2-1-3-8-18/h1-5,7-8,10-11H,6,9,12-17H2,(H,22,25). The van der Waals surface area contributed by atoms with E-state index in [4.69, 9.17) is 0 Å². The zero-order valence-electron chi connectivity index (χ0n) is 14.6. The maximum atomic E-state index is 12.2. The first-order chi connectivity index (χ1) is 12.3. The van der Waals surface area contributed by atoms with E-state index in [1.807, 2.05) is 23.1 Å². The fraction of sp³-hybridized carbons (Fsp3) is 0.400. The van der Waals surface area contributed by atoms with Gasteiger partial charge in [-0.2, -0.15) is 0 Å². The van der Waals surface area contributed by atoms with E-state index in [0.29, 0.717) is 6.54 Å². The number of nitrogens with zero attached hydrogens (tertiary/aromatic N) is 3. The molecule has 1 N–H and O–H groups in total. The van der Waals surface area contributed by atoms with Crippen molar-refractivity contribution in [3.63, 3.8) is 0 Å². The maximum absolute atomic E-state index is 12.2. The summed E-state index contributed by atoms with van der Waals surface area (Å²) in [6.07, 6.45) is 4.03. The molecule has 132 valence electrons. The molecule has 0 bridgehead atoms. The fourth-order valence-electron chi connectivity index (χ4n) is 3.11. The number of amides is 2. The topological polar surface area (TPSA) is 48.5 Å². The van der Waals surface area contributed by atoms with E-state index in [0.717, 1.165) is 51.3 Å². The lowest BCUT2D eigenvalue weighted by atomic mass is 10.1. The van der Waals surface area contributed by atoms with E-state index < -0.39 is 0 Å². The van der Waals surface area contributed by atoms with Crippen LogP contribution in [-0.4, -0.2) is 53.5 Å². The van der Waals surface area contributed by atoms with Crippen LogP contribution in [0, 0.1) is 0 Å². The highest BCUT2D eigenvalue weighted by atomic mass is 16.2. The average molecular weight is 338 g/mol. The minimum atomic E-state index is 0.00888. The molecule has 0 radical (unpaired) electrons. The monoisotopic (exact) mass is 338 g/mol. The lowest BCUT2D eigenvalue weighted by molar-refractivity contribution is 0.138. The molecule has 1 aromatic carbocycles. The quantitative estimate of drug-likeness (QED) is 0.880. The Morgan fingerprint density at radius 2 is 1.76 bits per heavy atom. The third-order valence-corrected chi connectivity index (χ3v) is 4.59. The van der Waals surface area contributed by atoms with Gasteiger partial charge in [0.05, 0.1) is 12.2 Å². The summed E-state index contributed by atoms with van der Waals surface area (Å²) in [6.45, 7) is 5.06. The van der Waals surface area contributed by atoms with E-state index >= 15 is 0 Å². The third kappa shape index (κ3) is 5.57. The molecule has 3 rings (SSSR count). The van der Waals surface area contributed by atoms with E-state index in [1.165, 1.54) is 5.56 Å². The van der Waals surface area contributed by atoms with Crippen molar-refractivity contribution in [3.8, 4) is 0 Å². The molecule has 2 heterocycles. The van der Waals surface area contributed by atoms with Crippen LogP contribution in [0.1, 0.15) is 17.7 Å². The summed E-state index contributed by atoms with van der Waals surface area (Å²) in [5.41, 5.74) is 2.28. The number of carbonyl (C=O) groups excluding carboxylic acids is 1. The Morgan fingerprint density at radius 3 is 2.48 bits per heavy atom. The summed E-state index contributed by atoms with van der Waals surface area (Å²) in [5, 5.41) is 2.95. The van der Waals surface area contributed by atoms with E-state index in [-0.39, 0.29) is 6.03 Å². The van der Waals surface area contributed by atoms with Crippen molar-refractivity contribution in [2.24, 2.45) is 0 Å². The van der Waals surface area contributed by atoms with Crippen molar-refractivity contribution in [3.05, 3.63) is 66.0 Å². The lowest BCUT2D eigenvalue weighted by Crippen LogP contribution is -2.51. The minimum Gasteiger partial charge on any atom is -0.332 e. The van der Waals surface area contributed by atoms with Gasteiger partial charge in [0.15, 0.2) is 0 Å². The highest BCUT2D eigenvalue weighted by Gasteiger charge is 2.20. The Balaban J connectivity index is 1.33. The number of carbonyl (C=O) groups is 1. The number of pyridine rings is 1. The Labute approximate surface area is 149 Å². The van der Waals surface area contributed by atoms with Gasteiger partial charge < -0.3 is 10.2 Å². The van der Waals surface area contributed by atoms with Gasteiger partial charge >= 0.3 is 6.03 Å². The second kappa shape index (κ2) is 9.18. The molecule has 1 aromatic heterocycles. The average Bonchev–Trinajstić information content (AvgIpc) is 2.68. The minimum absolute atomic E-state index is 0.00888. The van der Waals surface area contributed by atoms with Gasteiger partial charge in [-0.3, -0.25) is 9.88 Å². The Morgan fingerprint density at radius 1 is 1.00 bits per heavy atom. The molecule has 5 heteroatoms. The molecule has 1 aliphatic heterocycles. The van der Waals surface area contributed by atoms with Gasteiger partial charge in [-0.25, -0.2) is 4.79 Å². The van der Waals surface area contributed by atoms with Gasteiger partial charge in [0.1, 0.15) is 0 Å². The van der Waals surface area contributed by atoms with Crippen molar-refractivity contribution in [1.29, 1.82) is 0 Å². The van der Waals surface area contributed by atoms with E-state index in [1.54, 1.807) is 6.20 Å². The maximum Gasteiger partial charge on any atom is 0.317 e. The van der Waals surface area contributed by atoms with Crippen LogP contribution in [0.2, 0.25) is 0 Å². The molecule has 25 heavy (non-hydrogen) atoms. The molecule has 0 aliphatic carbocycles. The number of urea groups is 1. The SMILES string of the molecule is O=C(NCc1ccccn1)N1CCN(CCCc2ccccc2)CC1. The zero-order valence-corrected chi connectivity index (χ0v) is 14.6. The Bertz CT molecular complexity index is 639. The first kappa shape index (κ1) is 17.4. The first-order valence-corrected chi connectivity index (χ1v) is 9.00. The third-order valence-electron chi connectivity index (χ3n) is 4.59. The molecular formula is C20H26N4O. The Kier molecular flexibility index (Phi) is 6.40. The number of rotatable bonds is 6. The van der Waals surface area contributed by atoms with Crippen LogP contribution in [0.3, 0.4) is 0 Å². The predicted octanol–water partition coefficient (Wildman–Crippen LogP) is 2.54. The van der Waals surface area contributed by atoms with E-state index in [9.17, 15) is 4.79 Å². The molecule has 1 aliphatic rings. The molecule has 2 aromatic rings. The normalized spacial score (nSPS) is 15.1. The van der Waals surface area contributed by atoms with Gasteiger partial charge in [-0.1, -0.05) is 36.4 Å². The predicted molar refractivity (Wildman–Crippen MR) is 99.2 cm³/mol. The number of hydrogen-bond donors (Lipinski definition) is 1. The van der Waals surface area contributed by atoms with Crippen molar-refractivity contribution in [1.82, 2.24) is 20.1 Å². The number of aromatic nitrogens is 1. The van der Waals surface area contributed by atoms with Gasteiger partial charge in [-0.15, -0.1) is 0 Å². The van der Waals surface area contributed by atoms with Crippen LogP contribution in [0.5, 0.6) is 0 Å². The van der Waals surface area contributed by atoms with Gasteiger partial charge in [0.25, 0.3) is 0 Å². The molecule has 1 fully saturated rings. The molecule has 0 atom stereocenters. The van der Waals surface area contributed by atoms with Crippen LogP contribution in [0.15, 0.2) is 54.7 Å². The van der Waals surface area contributed by atoms with Crippen LogP contribution >= 0.6 is 0 Å². The van der Waals surface area contributed by atoms with Crippen molar-refractivity contribution in [2.75, 3.05) is 32.7 Å². The summed E-state index contributed by atoms with van der Waals surface area (Å²) in [7, 11) is 0. The van der Waals surface area contributed by atoms with Crippen LogP contribution in [0.4, 0.5) is 4.79 Å².